The molecule has 1 atom stereocenters. The van der Waals surface area contributed by atoms with Gasteiger partial charge >= 0.3 is 0 Å². The van der Waals surface area contributed by atoms with Crippen molar-refractivity contribution >= 4 is 28.8 Å². The van der Waals surface area contributed by atoms with Crippen LogP contribution in [0.3, 0.4) is 0 Å². The minimum Gasteiger partial charge on any atom is -0.383 e. The Morgan fingerprint density at radius 3 is 2.86 bits per heavy atom. The fourth-order valence-corrected chi connectivity index (χ4v) is 3.29. The standard InChI is InChI=1S/C16H19ClN2O2S/c1-10(9-21-4)19(3)16(20)14-11(2)18-15(22-14)12-6-5-7-13(17)8-12/h5-8,10H,9H2,1-4H3/t10-/m0/s1. The number of carbonyl (C=O) groups is 1. The third kappa shape index (κ3) is 3.66. The van der Waals surface area contributed by atoms with Crippen molar-refractivity contribution < 1.29 is 9.53 Å². The highest BCUT2D eigenvalue weighted by Gasteiger charge is 2.22. The van der Waals surface area contributed by atoms with E-state index in [2.05, 4.69) is 4.98 Å². The van der Waals surface area contributed by atoms with Crippen LogP contribution in [0.4, 0.5) is 0 Å². The molecule has 1 amide bonds. The number of hydrogen-bond donors (Lipinski definition) is 0. The van der Waals surface area contributed by atoms with Gasteiger partial charge in [0.2, 0.25) is 0 Å². The van der Waals surface area contributed by atoms with Crippen molar-refractivity contribution in [1.82, 2.24) is 9.88 Å². The first kappa shape index (κ1) is 16.9. The van der Waals surface area contributed by atoms with Gasteiger partial charge in [-0.3, -0.25) is 4.79 Å². The Bertz CT molecular complexity index is 672. The number of halogens is 1. The van der Waals surface area contributed by atoms with Crippen LogP contribution in [0.5, 0.6) is 0 Å². The predicted octanol–water partition coefficient (Wildman–Crippen LogP) is 3.88. The highest BCUT2D eigenvalue weighted by atomic mass is 35.5. The predicted molar refractivity (Wildman–Crippen MR) is 90.7 cm³/mol. The fourth-order valence-electron chi connectivity index (χ4n) is 2.05. The van der Waals surface area contributed by atoms with Crippen molar-refractivity contribution in [3.63, 3.8) is 0 Å². The zero-order valence-corrected chi connectivity index (χ0v) is 14.7. The Balaban J connectivity index is 2.28. The number of likely N-dealkylation sites (N-methyl/N-ethyl adjacent to an activating group) is 1. The second-order valence-electron chi connectivity index (χ2n) is 5.16. The lowest BCUT2D eigenvalue weighted by molar-refractivity contribution is 0.0637. The summed E-state index contributed by atoms with van der Waals surface area (Å²) in [6.07, 6.45) is 0. The summed E-state index contributed by atoms with van der Waals surface area (Å²) in [5.74, 6) is -0.0344. The summed E-state index contributed by atoms with van der Waals surface area (Å²) in [5.41, 5.74) is 1.66. The second-order valence-corrected chi connectivity index (χ2v) is 6.60. The Hall–Kier alpha value is -1.43. The molecule has 0 saturated heterocycles. The van der Waals surface area contributed by atoms with Gasteiger partial charge in [0, 0.05) is 24.7 Å². The highest BCUT2D eigenvalue weighted by Crippen LogP contribution is 2.30. The molecule has 2 aromatic rings. The van der Waals surface area contributed by atoms with Crippen LogP contribution >= 0.6 is 22.9 Å². The summed E-state index contributed by atoms with van der Waals surface area (Å²) >= 11 is 7.41. The van der Waals surface area contributed by atoms with Gasteiger partial charge in [0.25, 0.3) is 5.91 Å². The number of aryl methyl sites for hydroxylation is 1. The van der Waals surface area contributed by atoms with E-state index >= 15 is 0 Å². The number of ether oxygens (including phenoxy) is 1. The number of hydrogen-bond acceptors (Lipinski definition) is 4. The quantitative estimate of drug-likeness (QED) is 0.830. The summed E-state index contributed by atoms with van der Waals surface area (Å²) in [6.45, 7) is 4.31. The maximum absolute atomic E-state index is 12.6. The van der Waals surface area contributed by atoms with Crippen molar-refractivity contribution in [3.8, 4) is 10.6 Å². The molecule has 0 unspecified atom stereocenters. The van der Waals surface area contributed by atoms with Gasteiger partial charge in [0.05, 0.1) is 18.3 Å². The van der Waals surface area contributed by atoms with Crippen LogP contribution in [0.2, 0.25) is 5.02 Å². The van der Waals surface area contributed by atoms with Crippen molar-refractivity contribution in [1.29, 1.82) is 0 Å². The third-order valence-electron chi connectivity index (χ3n) is 3.45. The molecule has 0 aliphatic rings. The number of methoxy groups -OCH3 is 1. The van der Waals surface area contributed by atoms with E-state index < -0.39 is 0 Å². The summed E-state index contributed by atoms with van der Waals surface area (Å²) < 4.78 is 5.11. The maximum Gasteiger partial charge on any atom is 0.265 e. The first-order valence-electron chi connectivity index (χ1n) is 6.93. The molecule has 4 nitrogen and oxygen atoms in total. The fraction of sp³-hybridized carbons (Fsp3) is 0.375. The van der Waals surface area contributed by atoms with E-state index in [0.29, 0.717) is 16.5 Å². The van der Waals surface area contributed by atoms with E-state index in [1.165, 1.54) is 11.3 Å². The molecule has 0 aliphatic heterocycles. The monoisotopic (exact) mass is 338 g/mol. The number of amides is 1. The van der Waals surface area contributed by atoms with Crippen LogP contribution in [0.15, 0.2) is 24.3 Å². The Labute approximate surface area is 139 Å². The number of nitrogens with zero attached hydrogens (tertiary/aromatic N) is 2. The molecule has 0 bridgehead atoms. The van der Waals surface area contributed by atoms with E-state index in [1.807, 2.05) is 38.1 Å². The van der Waals surface area contributed by atoms with Gasteiger partial charge in [0.1, 0.15) is 9.88 Å². The average molecular weight is 339 g/mol. The van der Waals surface area contributed by atoms with Gasteiger partial charge in [-0.1, -0.05) is 23.7 Å². The SMILES string of the molecule is COC[C@H](C)N(C)C(=O)c1sc(-c2cccc(Cl)c2)nc1C. The Kier molecular flexibility index (Phi) is 5.56. The van der Waals surface area contributed by atoms with Crippen molar-refractivity contribution in [2.75, 3.05) is 20.8 Å². The number of thiazole rings is 1. The molecule has 0 fully saturated rings. The maximum atomic E-state index is 12.6. The minimum absolute atomic E-state index is 0.00798. The zero-order chi connectivity index (χ0) is 16.3. The molecule has 22 heavy (non-hydrogen) atoms. The summed E-state index contributed by atoms with van der Waals surface area (Å²) in [5, 5.41) is 1.46. The molecule has 0 saturated carbocycles. The first-order chi connectivity index (χ1) is 10.4. The van der Waals surface area contributed by atoms with Crippen molar-refractivity contribution in [3.05, 3.63) is 39.9 Å². The smallest absolute Gasteiger partial charge is 0.265 e. The zero-order valence-electron chi connectivity index (χ0n) is 13.1. The Morgan fingerprint density at radius 1 is 1.50 bits per heavy atom. The van der Waals surface area contributed by atoms with E-state index in [9.17, 15) is 4.79 Å². The lowest BCUT2D eigenvalue weighted by atomic mass is 10.2. The van der Waals surface area contributed by atoms with Crippen LogP contribution in [0, 0.1) is 6.92 Å². The summed E-state index contributed by atoms with van der Waals surface area (Å²) in [4.78, 5) is 19.5. The normalized spacial score (nSPS) is 12.2. The van der Waals surface area contributed by atoms with Crippen molar-refractivity contribution in [2.24, 2.45) is 0 Å². The molecule has 1 heterocycles. The van der Waals surface area contributed by atoms with Gasteiger partial charge in [-0.15, -0.1) is 11.3 Å². The molecule has 118 valence electrons. The molecule has 0 N–H and O–H groups in total. The van der Waals surface area contributed by atoms with Crippen LogP contribution in [0.25, 0.3) is 10.6 Å². The molecule has 1 aromatic carbocycles. The first-order valence-corrected chi connectivity index (χ1v) is 8.13. The summed E-state index contributed by atoms with van der Waals surface area (Å²) in [7, 11) is 3.41. The van der Waals surface area contributed by atoms with Crippen molar-refractivity contribution in [2.45, 2.75) is 19.9 Å². The molecule has 0 aliphatic carbocycles. The van der Waals surface area contributed by atoms with E-state index in [-0.39, 0.29) is 11.9 Å². The van der Waals surface area contributed by atoms with Gasteiger partial charge in [-0.25, -0.2) is 4.98 Å². The van der Waals surface area contributed by atoms with Crippen LogP contribution < -0.4 is 0 Å². The highest BCUT2D eigenvalue weighted by molar-refractivity contribution is 7.17. The average Bonchev–Trinajstić information content (AvgIpc) is 2.88. The largest absolute Gasteiger partial charge is 0.383 e. The van der Waals surface area contributed by atoms with Gasteiger partial charge in [-0.2, -0.15) is 0 Å². The molecular formula is C16H19ClN2O2S. The second kappa shape index (κ2) is 7.22. The van der Waals surface area contributed by atoms with Crippen LogP contribution in [-0.4, -0.2) is 42.6 Å². The molecular weight excluding hydrogens is 320 g/mol. The number of carbonyl (C=O) groups excluding carboxylic acids is 1. The van der Waals surface area contributed by atoms with Gasteiger partial charge < -0.3 is 9.64 Å². The minimum atomic E-state index is -0.0344. The third-order valence-corrected chi connectivity index (χ3v) is 4.88. The molecule has 6 heteroatoms. The van der Waals surface area contributed by atoms with Crippen LogP contribution in [0.1, 0.15) is 22.3 Å². The Morgan fingerprint density at radius 2 is 2.23 bits per heavy atom. The number of aromatic nitrogens is 1. The number of benzene rings is 1. The van der Waals surface area contributed by atoms with E-state index in [4.69, 9.17) is 16.3 Å². The van der Waals surface area contributed by atoms with Gasteiger partial charge in [0.15, 0.2) is 0 Å². The molecule has 0 radical (unpaired) electrons. The molecule has 0 spiro atoms. The van der Waals surface area contributed by atoms with E-state index in [1.54, 1.807) is 19.1 Å². The van der Waals surface area contributed by atoms with Crippen LogP contribution in [-0.2, 0) is 4.74 Å². The lowest BCUT2D eigenvalue weighted by Gasteiger charge is -2.23. The summed E-state index contributed by atoms with van der Waals surface area (Å²) in [6, 6.07) is 7.50. The lowest BCUT2D eigenvalue weighted by Crippen LogP contribution is -2.37. The van der Waals surface area contributed by atoms with E-state index in [0.717, 1.165) is 16.3 Å². The molecule has 1 aromatic heterocycles. The molecule has 2 rings (SSSR count). The number of rotatable bonds is 5. The topological polar surface area (TPSA) is 42.4 Å². The van der Waals surface area contributed by atoms with Gasteiger partial charge in [-0.05, 0) is 26.0 Å².